The molecular weight excluding hydrogens is 300 g/mol. The number of hydrogen-bond acceptors (Lipinski definition) is 2. The molecule has 2 aromatic rings. The van der Waals surface area contributed by atoms with Crippen molar-refractivity contribution in [2.75, 3.05) is 19.6 Å². The van der Waals surface area contributed by atoms with Gasteiger partial charge in [0.25, 0.3) is 0 Å². The summed E-state index contributed by atoms with van der Waals surface area (Å²) in [5, 5.41) is 2.90. The number of hydrogen-bond donors (Lipinski definition) is 1. The minimum absolute atomic E-state index is 0.0575. The lowest BCUT2D eigenvalue weighted by molar-refractivity contribution is -0.133. The maximum absolute atomic E-state index is 12.1. The third-order valence-corrected chi connectivity index (χ3v) is 4.40. The van der Waals surface area contributed by atoms with Gasteiger partial charge < -0.3 is 10.2 Å². The van der Waals surface area contributed by atoms with E-state index in [0.29, 0.717) is 19.5 Å². The normalized spacial score (nSPS) is 17.1. The van der Waals surface area contributed by atoms with Gasteiger partial charge in [-0.1, -0.05) is 60.7 Å². The van der Waals surface area contributed by atoms with E-state index >= 15 is 0 Å². The van der Waals surface area contributed by atoms with Gasteiger partial charge in [0.2, 0.25) is 11.8 Å². The van der Waals surface area contributed by atoms with E-state index in [1.54, 1.807) is 4.90 Å². The van der Waals surface area contributed by atoms with Gasteiger partial charge in [-0.3, -0.25) is 9.59 Å². The molecule has 3 rings (SSSR count). The average Bonchev–Trinajstić information content (AvgIpc) is 2.97. The topological polar surface area (TPSA) is 49.4 Å². The van der Waals surface area contributed by atoms with Gasteiger partial charge in [0.15, 0.2) is 0 Å². The minimum Gasteiger partial charge on any atom is -0.354 e. The third kappa shape index (κ3) is 4.22. The first kappa shape index (κ1) is 16.2. The van der Waals surface area contributed by atoms with Crippen LogP contribution in [0, 0.1) is 0 Å². The summed E-state index contributed by atoms with van der Waals surface area (Å²) >= 11 is 0. The van der Waals surface area contributed by atoms with E-state index in [1.807, 2.05) is 60.7 Å². The lowest BCUT2D eigenvalue weighted by Gasteiger charge is -2.16. The van der Waals surface area contributed by atoms with Crippen molar-refractivity contribution in [1.82, 2.24) is 10.2 Å². The number of rotatable bonds is 6. The van der Waals surface area contributed by atoms with Gasteiger partial charge in [-0.05, 0) is 17.5 Å². The molecule has 2 amide bonds. The number of carbonyl (C=O) groups is 2. The Morgan fingerprint density at radius 2 is 1.71 bits per heavy atom. The molecule has 0 aliphatic carbocycles. The number of nitrogens with zero attached hydrogens (tertiary/aromatic N) is 1. The van der Waals surface area contributed by atoms with Crippen LogP contribution in [0.1, 0.15) is 23.5 Å². The molecule has 1 fully saturated rings. The predicted molar refractivity (Wildman–Crippen MR) is 93.5 cm³/mol. The summed E-state index contributed by atoms with van der Waals surface area (Å²) in [5.41, 5.74) is 2.36. The average molecular weight is 322 g/mol. The quantitative estimate of drug-likeness (QED) is 0.887. The molecule has 24 heavy (non-hydrogen) atoms. The highest BCUT2D eigenvalue weighted by molar-refractivity contribution is 5.86. The fourth-order valence-electron chi connectivity index (χ4n) is 3.09. The van der Waals surface area contributed by atoms with Crippen molar-refractivity contribution in [3.63, 3.8) is 0 Å². The highest BCUT2D eigenvalue weighted by Crippen LogP contribution is 2.27. The van der Waals surface area contributed by atoms with Crippen LogP contribution in [0.25, 0.3) is 0 Å². The van der Waals surface area contributed by atoms with Crippen LogP contribution in [0.4, 0.5) is 0 Å². The Balaban J connectivity index is 1.45. The highest BCUT2D eigenvalue weighted by Gasteiger charge is 2.31. The van der Waals surface area contributed by atoms with E-state index in [2.05, 4.69) is 5.32 Å². The first-order valence-electron chi connectivity index (χ1n) is 8.36. The third-order valence-electron chi connectivity index (χ3n) is 4.40. The van der Waals surface area contributed by atoms with Gasteiger partial charge in [-0.25, -0.2) is 0 Å². The molecule has 1 aliphatic heterocycles. The van der Waals surface area contributed by atoms with Gasteiger partial charge in [0.1, 0.15) is 0 Å². The predicted octanol–water partition coefficient (Wildman–Crippen LogP) is 2.36. The van der Waals surface area contributed by atoms with E-state index in [-0.39, 0.29) is 24.3 Å². The second-order valence-electron chi connectivity index (χ2n) is 6.17. The Morgan fingerprint density at radius 3 is 2.42 bits per heavy atom. The van der Waals surface area contributed by atoms with Crippen LogP contribution in [0.2, 0.25) is 0 Å². The van der Waals surface area contributed by atoms with Crippen molar-refractivity contribution >= 4 is 11.8 Å². The van der Waals surface area contributed by atoms with E-state index < -0.39 is 0 Å². The van der Waals surface area contributed by atoms with Crippen molar-refractivity contribution in [2.45, 2.75) is 18.8 Å². The van der Waals surface area contributed by atoms with Crippen LogP contribution in [-0.4, -0.2) is 36.3 Å². The summed E-state index contributed by atoms with van der Waals surface area (Å²) in [4.78, 5) is 25.9. The molecule has 1 unspecified atom stereocenters. The summed E-state index contributed by atoms with van der Waals surface area (Å²) in [7, 11) is 0. The molecule has 1 saturated heterocycles. The summed E-state index contributed by atoms with van der Waals surface area (Å²) in [6.07, 6.45) is 1.29. The fraction of sp³-hybridized carbons (Fsp3) is 0.300. The number of nitrogens with one attached hydrogen (secondary N) is 1. The summed E-state index contributed by atoms with van der Waals surface area (Å²) in [6.45, 7) is 1.36. The standard InChI is InChI=1S/C20H22N2O2/c23-19(21-12-11-16-7-3-1-4-8-16)15-22-14-18(13-20(22)24)17-9-5-2-6-10-17/h1-10,18H,11-15H2,(H,21,23). The van der Waals surface area contributed by atoms with Crippen molar-refractivity contribution in [1.29, 1.82) is 0 Å². The SMILES string of the molecule is O=C(CN1CC(c2ccccc2)CC1=O)NCCc1ccccc1. The lowest BCUT2D eigenvalue weighted by atomic mass is 9.99. The van der Waals surface area contributed by atoms with E-state index in [0.717, 1.165) is 12.0 Å². The van der Waals surface area contributed by atoms with Crippen LogP contribution in [-0.2, 0) is 16.0 Å². The molecule has 4 nitrogen and oxygen atoms in total. The zero-order chi connectivity index (χ0) is 16.8. The molecule has 0 saturated carbocycles. The molecule has 2 aromatic carbocycles. The Morgan fingerprint density at radius 1 is 1.04 bits per heavy atom. The Labute approximate surface area is 142 Å². The summed E-state index contributed by atoms with van der Waals surface area (Å²) in [5.74, 6) is 0.158. The molecule has 0 bridgehead atoms. The van der Waals surface area contributed by atoms with Crippen molar-refractivity contribution in [3.05, 3.63) is 71.8 Å². The monoisotopic (exact) mass is 322 g/mol. The van der Waals surface area contributed by atoms with E-state index in [1.165, 1.54) is 5.56 Å². The molecule has 1 N–H and O–H groups in total. The minimum atomic E-state index is -0.0898. The molecule has 1 heterocycles. The van der Waals surface area contributed by atoms with E-state index in [4.69, 9.17) is 0 Å². The molecule has 1 aliphatic rings. The first-order chi connectivity index (χ1) is 11.7. The van der Waals surface area contributed by atoms with Crippen LogP contribution >= 0.6 is 0 Å². The first-order valence-corrected chi connectivity index (χ1v) is 8.36. The number of carbonyl (C=O) groups excluding carboxylic acids is 2. The maximum atomic E-state index is 12.1. The van der Waals surface area contributed by atoms with Gasteiger partial charge in [0, 0.05) is 25.4 Å². The molecule has 124 valence electrons. The molecule has 4 heteroatoms. The number of likely N-dealkylation sites (tertiary alicyclic amines) is 1. The second kappa shape index (κ2) is 7.77. The highest BCUT2D eigenvalue weighted by atomic mass is 16.2. The van der Waals surface area contributed by atoms with Crippen LogP contribution in [0.3, 0.4) is 0 Å². The summed E-state index contributed by atoms with van der Waals surface area (Å²) < 4.78 is 0. The van der Waals surface area contributed by atoms with Crippen LogP contribution in [0.15, 0.2) is 60.7 Å². The molecular formula is C20H22N2O2. The Bertz CT molecular complexity index is 685. The van der Waals surface area contributed by atoms with Gasteiger partial charge in [-0.15, -0.1) is 0 Å². The molecule has 0 aromatic heterocycles. The Hall–Kier alpha value is -2.62. The molecule has 0 spiro atoms. The van der Waals surface area contributed by atoms with E-state index in [9.17, 15) is 9.59 Å². The van der Waals surface area contributed by atoms with Crippen molar-refractivity contribution < 1.29 is 9.59 Å². The second-order valence-corrected chi connectivity index (χ2v) is 6.17. The largest absolute Gasteiger partial charge is 0.354 e. The van der Waals surface area contributed by atoms with Crippen LogP contribution in [0.5, 0.6) is 0 Å². The van der Waals surface area contributed by atoms with Gasteiger partial charge in [-0.2, -0.15) is 0 Å². The van der Waals surface area contributed by atoms with Crippen molar-refractivity contribution in [2.24, 2.45) is 0 Å². The maximum Gasteiger partial charge on any atom is 0.239 e. The van der Waals surface area contributed by atoms with Crippen molar-refractivity contribution in [3.8, 4) is 0 Å². The van der Waals surface area contributed by atoms with Crippen LogP contribution < -0.4 is 5.32 Å². The fourth-order valence-corrected chi connectivity index (χ4v) is 3.09. The van der Waals surface area contributed by atoms with Gasteiger partial charge >= 0.3 is 0 Å². The molecule has 1 atom stereocenters. The number of benzene rings is 2. The lowest BCUT2D eigenvalue weighted by Crippen LogP contribution is -2.38. The van der Waals surface area contributed by atoms with Gasteiger partial charge in [0.05, 0.1) is 6.54 Å². The zero-order valence-corrected chi connectivity index (χ0v) is 13.7. The molecule has 0 radical (unpaired) electrons. The Kier molecular flexibility index (Phi) is 5.26. The summed E-state index contributed by atoms with van der Waals surface area (Å²) in [6, 6.07) is 20.1. The zero-order valence-electron chi connectivity index (χ0n) is 13.7. The number of amides is 2. The smallest absolute Gasteiger partial charge is 0.239 e.